The van der Waals surface area contributed by atoms with Crippen molar-refractivity contribution in [1.82, 2.24) is 10.7 Å². The zero-order valence-electron chi connectivity index (χ0n) is 14.7. The van der Waals surface area contributed by atoms with Crippen LogP contribution in [0.1, 0.15) is 18.4 Å². The van der Waals surface area contributed by atoms with Crippen LogP contribution in [0, 0.1) is 0 Å². The molecular formula is C19H19BrN4O3. The van der Waals surface area contributed by atoms with Gasteiger partial charge in [-0.1, -0.05) is 15.9 Å². The minimum atomic E-state index is -0.780. The van der Waals surface area contributed by atoms with Crippen LogP contribution in [0.25, 0.3) is 0 Å². The summed E-state index contributed by atoms with van der Waals surface area (Å²) in [5.41, 5.74) is 4.66. The van der Waals surface area contributed by atoms with E-state index in [2.05, 4.69) is 37.1 Å². The number of carbonyl (C=O) groups excluding carboxylic acids is 2. The summed E-state index contributed by atoms with van der Waals surface area (Å²) in [6.07, 6.45) is 3.32. The number of carbonyl (C=O) groups is 2. The molecule has 0 saturated heterocycles. The molecule has 0 aromatic heterocycles. The number of hydrazone groups is 1. The molecule has 1 aliphatic rings. The summed E-state index contributed by atoms with van der Waals surface area (Å²) >= 11 is 3.42. The van der Waals surface area contributed by atoms with E-state index in [9.17, 15) is 9.59 Å². The maximum absolute atomic E-state index is 11.7. The van der Waals surface area contributed by atoms with E-state index in [0.29, 0.717) is 0 Å². The number of ether oxygens (including phenoxy) is 1. The molecule has 0 spiro atoms. The van der Waals surface area contributed by atoms with Gasteiger partial charge in [0.1, 0.15) is 5.75 Å². The fourth-order valence-corrected chi connectivity index (χ4v) is 2.65. The number of nitrogens with zero attached hydrogens (tertiary/aromatic N) is 1. The van der Waals surface area contributed by atoms with Gasteiger partial charge >= 0.3 is 11.8 Å². The fraction of sp³-hybridized carbons (Fsp3) is 0.211. The fourth-order valence-electron chi connectivity index (χ4n) is 2.27. The summed E-state index contributed by atoms with van der Waals surface area (Å²) in [6, 6.07) is 13.3. The van der Waals surface area contributed by atoms with Gasteiger partial charge in [-0.3, -0.25) is 9.59 Å². The summed E-state index contributed by atoms with van der Waals surface area (Å²) in [6.45, 7) is 0. The van der Waals surface area contributed by atoms with Crippen molar-refractivity contribution in [3.63, 3.8) is 0 Å². The topological polar surface area (TPSA) is 91.8 Å². The third-order valence-corrected chi connectivity index (χ3v) is 4.36. The smallest absolute Gasteiger partial charge is 0.329 e. The number of hydrogen-bond donors (Lipinski definition) is 3. The van der Waals surface area contributed by atoms with Crippen molar-refractivity contribution >= 4 is 45.3 Å². The SMILES string of the molecule is COc1ccc(Nc2ccc(Br)cc2/C=N\NC(=O)C(=O)NC2CC2)cc1. The van der Waals surface area contributed by atoms with E-state index in [0.717, 1.165) is 40.0 Å². The number of amides is 2. The van der Waals surface area contributed by atoms with Crippen LogP contribution >= 0.6 is 15.9 Å². The van der Waals surface area contributed by atoms with Gasteiger partial charge in [-0.2, -0.15) is 5.10 Å². The molecule has 2 aromatic rings. The number of nitrogens with one attached hydrogen (secondary N) is 3. The van der Waals surface area contributed by atoms with Crippen molar-refractivity contribution in [3.8, 4) is 5.75 Å². The van der Waals surface area contributed by atoms with Gasteiger partial charge < -0.3 is 15.4 Å². The van der Waals surface area contributed by atoms with Gasteiger partial charge in [0.2, 0.25) is 0 Å². The Morgan fingerprint density at radius 1 is 1.15 bits per heavy atom. The molecular weight excluding hydrogens is 412 g/mol. The second-order valence-corrected chi connectivity index (χ2v) is 6.95. The van der Waals surface area contributed by atoms with Gasteiger partial charge in [-0.25, -0.2) is 5.43 Å². The van der Waals surface area contributed by atoms with Gasteiger partial charge in [0.15, 0.2) is 0 Å². The van der Waals surface area contributed by atoms with Crippen LogP contribution in [0.2, 0.25) is 0 Å². The monoisotopic (exact) mass is 430 g/mol. The lowest BCUT2D eigenvalue weighted by atomic mass is 10.2. The molecule has 140 valence electrons. The molecule has 1 aliphatic carbocycles. The van der Waals surface area contributed by atoms with Crippen LogP contribution in [0.3, 0.4) is 0 Å². The molecule has 1 saturated carbocycles. The van der Waals surface area contributed by atoms with Gasteiger partial charge in [0.25, 0.3) is 0 Å². The lowest BCUT2D eigenvalue weighted by Crippen LogP contribution is -2.38. The Labute approximate surface area is 165 Å². The van der Waals surface area contributed by atoms with Crippen LogP contribution < -0.4 is 20.8 Å². The second kappa shape index (κ2) is 8.68. The van der Waals surface area contributed by atoms with Crippen molar-refractivity contribution < 1.29 is 14.3 Å². The second-order valence-electron chi connectivity index (χ2n) is 6.03. The Morgan fingerprint density at radius 2 is 1.89 bits per heavy atom. The highest BCUT2D eigenvalue weighted by molar-refractivity contribution is 9.10. The first-order chi connectivity index (χ1) is 13.0. The molecule has 3 N–H and O–H groups in total. The van der Waals surface area contributed by atoms with E-state index in [1.807, 2.05) is 42.5 Å². The standard InChI is InChI=1S/C19H19BrN4O3/c1-27-16-7-5-14(6-8-16)22-17-9-2-13(20)10-12(17)11-21-24-19(26)18(25)23-15-3-4-15/h2,5-11,15,22H,3-4H2,1H3,(H,23,25)(H,24,26)/b21-11-. The number of anilines is 2. The molecule has 0 radical (unpaired) electrons. The Hall–Kier alpha value is -2.87. The molecule has 0 heterocycles. The minimum Gasteiger partial charge on any atom is -0.497 e. The highest BCUT2D eigenvalue weighted by Crippen LogP contribution is 2.24. The van der Waals surface area contributed by atoms with Gasteiger partial charge in [-0.05, 0) is 55.3 Å². The molecule has 2 amide bonds. The first kappa shape index (κ1) is 18.9. The highest BCUT2D eigenvalue weighted by atomic mass is 79.9. The third-order valence-electron chi connectivity index (χ3n) is 3.87. The predicted molar refractivity (Wildman–Crippen MR) is 107 cm³/mol. The van der Waals surface area contributed by atoms with Gasteiger partial charge in [0.05, 0.1) is 13.3 Å². The van der Waals surface area contributed by atoms with Gasteiger partial charge in [0, 0.05) is 27.5 Å². The number of halogens is 1. The van der Waals surface area contributed by atoms with E-state index < -0.39 is 11.8 Å². The molecule has 0 unspecified atom stereocenters. The minimum absolute atomic E-state index is 0.123. The summed E-state index contributed by atoms with van der Waals surface area (Å²) in [5.74, 6) is -0.677. The van der Waals surface area contributed by atoms with Crippen LogP contribution in [0.4, 0.5) is 11.4 Å². The molecule has 27 heavy (non-hydrogen) atoms. The van der Waals surface area contributed by atoms with Gasteiger partial charge in [-0.15, -0.1) is 0 Å². The summed E-state index contributed by atoms with van der Waals surface area (Å²) < 4.78 is 6.02. The maximum atomic E-state index is 11.7. The molecule has 0 atom stereocenters. The summed E-state index contributed by atoms with van der Waals surface area (Å²) in [4.78, 5) is 23.3. The van der Waals surface area contributed by atoms with E-state index in [1.165, 1.54) is 6.21 Å². The van der Waals surface area contributed by atoms with Crippen LogP contribution in [0.5, 0.6) is 5.75 Å². The first-order valence-electron chi connectivity index (χ1n) is 8.39. The quantitative estimate of drug-likeness (QED) is 0.373. The lowest BCUT2D eigenvalue weighted by Gasteiger charge is -2.11. The van der Waals surface area contributed by atoms with Crippen LogP contribution in [0.15, 0.2) is 52.0 Å². The Balaban J connectivity index is 1.67. The Morgan fingerprint density at radius 3 is 2.56 bits per heavy atom. The van der Waals surface area contributed by atoms with Crippen molar-refractivity contribution in [2.75, 3.05) is 12.4 Å². The molecule has 2 aromatic carbocycles. The first-order valence-corrected chi connectivity index (χ1v) is 9.19. The predicted octanol–water partition coefficient (Wildman–Crippen LogP) is 2.93. The van der Waals surface area contributed by atoms with Crippen LogP contribution in [-0.4, -0.2) is 31.2 Å². The Bertz CT molecular complexity index is 864. The summed E-state index contributed by atoms with van der Waals surface area (Å²) in [5, 5.41) is 9.79. The number of methoxy groups -OCH3 is 1. The normalized spacial score (nSPS) is 13.3. The zero-order valence-corrected chi connectivity index (χ0v) is 16.2. The number of rotatable bonds is 6. The van der Waals surface area contributed by atoms with E-state index in [4.69, 9.17) is 4.74 Å². The van der Waals surface area contributed by atoms with Crippen LogP contribution in [-0.2, 0) is 9.59 Å². The van der Waals surface area contributed by atoms with Crippen molar-refractivity contribution in [1.29, 1.82) is 0 Å². The van der Waals surface area contributed by atoms with E-state index in [1.54, 1.807) is 7.11 Å². The lowest BCUT2D eigenvalue weighted by molar-refractivity contribution is -0.139. The highest BCUT2D eigenvalue weighted by Gasteiger charge is 2.26. The largest absolute Gasteiger partial charge is 0.497 e. The molecule has 0 bridgehead atoms. The van der Waals surface area contributed by atoms with Crippen molar-refractivity contribution in [3.05, 3.63) is 52.5 Å². The molecule has 0 aliphatic heterocycles. The van der Waals surface area contributed by atoms with E-state index in [-0.39, 0.29) is 6.04 Å². The van der Waals surface area contributed by atoms with Crippen molar-refractivity contribution in [2.45, 2.75) is 18.9 Å². The molecule has 7 nitrogen and oxygen atoms in total. The number of hydrogen-bond acceptors (Lipinski definition) is 5. The van der Waals surface area contributed by atoms with Crippen molar-refractivity contribution in [2.24, 2.45) is 5.10 Å². The molecule has 8 heteroatoms. The molecule has 3 rings (SSSR count). The number of benzene rings is 2. The average Bonchev–Trinajstić information content (AvgIpc) is 3.48. The average molecular weight is 431 g/mol. The summed E-state index contributed by atoms with van der Waals surface area (Å²) in [7, 11) is 1.62. The zero-order chi connectivity index (χ0) is 19.2. The third kappa shape index (κ3) is 5.55. The molecule has 1 fully saturated rings. The Kier molecular flexibility index (Phi) is 6.08. The van der Waals surface area contributed by atoms with E-state index >= 15 is 0 Å². The maximum Gasteiger partial charge on any atom is 0.329 e.